The largest absolute Gasteiger partial charge is 0.309 e. The van der Waals surface area contributed by atoms with Crippen molar-refractivity contribution in [3.8, 4) is 23.0 Å². The molecule has 0 bridgehead atoms. The fourth-order valence-electron chi connectivity index (χ4n) is 4.06. The number of benzene rings is 2. The summed E-state index contributed by atoms with van der Waals surface area (Å²) in [5, 5.41) is 0. The molecule has 0 atom stereocenters. The molecule has 0 N–H and O–H groups in total. The molecule has 0 saturated carbocycles. The highest BCUT2D eigenvalue weighted by atomic mass is 32.1. The van der Waals surface area contributed by atoms with Gasteiger partial charge in [-0.1, -0.05) is 31.3 Å². The Bertz CT molecular complexity index is 1400. The summed E-state index contributed by atoms with van der Waals surface area (Å²) in [5.74, 6) is 5.13. The fourth-order valence-corrected chi connectivity index (χ4v) is 6.44. The van der Waals surface area contributed by atoms with Crippen LogP contribution in [0.4, 0.5) is 14.5 Å². The number of aryl methyl sites for hydroxylation is 2. The van der Waals surface area contributed by atoms with Crippen LogP contribution in [0, 0.1) is 30.4 Å². The van der Waals surface area contributed by atoms with Crippen molar-refractivity contribution in [2.75, 3.05) is 11.4 Å². The van der Waals surface area contributed by atoms with Crippen LogP contribution < -0.4 is 4.90 Å². The number of amides is 1. The first kappa shape index (κ1) is 21.8. The molecule has 2 aromatic carbocycles. The highest BCUT2D eigenvalue weighted by Gasteiger charge is 2.29. The first-order valence-corrected chi connectivity index (χ1v) is 12.5. The van der Waals surface area contributed by atoms with Gasteiger partial charge in [-0.2, -0.15) is 0 Å². The van der Waals surface area contributed by atoms with Gasteiger partial charge in [0.1, 0.15) is 11.6 Å². The van der Waals surface area contributed by atoms with Crippen molar-refractivity contribution in [1.82, 2.24) is 0 Å². The number of nitrogens with zero attached hydrogens (tertiary/aromatic N) is 1. The van der Waals surface area contributed by atoms with Crippen molar-refractivity contribution >= 4 is 43.7 Å². The first-order valence-electron chi connectivity index (χ1n) is 10.9. The van der Waals surface area contributed by atoms with Gasteiger partial charge < -0.3 is 4.90 Å². The van der Waals surface area contributed by atoms with Gasteiger partial charge in [-0.25, -0.2) is 8.78 Å². The van der Waals surface area contributed by atoms with Crippen molar-refractivity contribution in [3.63, 3.8) is 0 Å². The zero-order valence-corrected chi connectivity index (χ0v) is 19.9. The normalized spacial score (nSPS) is 13.2. The number of hydrogen-bond donors (Lipinski definition) is 0. The highest BCUT2D eigenvalue weighted by Crippen LogP contribution is 2.35. The van der Waals surface area contributed by atoms with Crippen LogP contribution in [0.15, 0.2) is 42.5 Å². The zero-order chi connectivity index (χ0) is 23.1. The van der Waals surface area contributed by atoms with E-state index in [0.29, 0.717) is 35.2 Å². The van der Waals surface area contributed by atoms with Crippen LogP contribution in [0.3, 0.4) is 0 Å². The molecule has 166 valence electrons. The Morgan fingerprint density at radius 1 is 1.00 bits per heavy atom. The molecular formula is C27H21F2NOS2. The monoisotopic (exact) mass is 477 g/mol. The second kappa shape index (κ2) is 8.74. The Balaban J connectivity index is 1.39. The van der Waals surface area contributed by atoms with Gasteiger partial charge in [0.25, 0.3) is 0 Å². The predicted molar refractivity (Wildman–Crippen MR) is 133 cm³/mol. The minimum atomic E-state index is -0.513. The fraction of sp³-hybridized carbons (Fsp3) is 0.222. The second-order valence-electron chi connectivity index (χ2n) is 8.17. The van der Waals surface area contributed by atoms with Crippen molar-refractivity contribution in [3.05, 3.63) is 75.0 Å². The number of carbonyl (C=O) groups is 1. The highest BCUT2D eigenvalue weighted by molar-refractivity contribution is 7.28. The van der Waals surface area contributed by atoms with Gasteiger partial charge in [-0.3, -0.25) is 4.79 Å². The van der Waals surface area contributed by atoms with Crippen molar-refractivity contribution in [1.29, 1.82) is 0 Å². The topological polar surface area (TPSA) is 20.3 Å². The maximum absolute atomic E-state index is 14.9. The van der Waals surface area contributed by atoms with Gasteiger partial charge in [0.15, 0.2) is 0 Å². The third kappa shape index (κ3) is 4.19. The molecule has 0 unspecified atom stereocenters. The molecule has 3 heterocycles. The standard InChI is InChI=1S/C27H21F2NOS2/c1-3-4-19-14-24-25(32-19)15-20(33-24)7-5-17-6-8-21(22(28)12-17)18-11-16(2)27(23(29)13-18)30-10-9-26(30)31/h6,8,11-15H,3-4,9-10H2,1-2H3. The molecule has 1 fully saturated rings. The summed E-state index contributed by atoms with van der Waals surface area (Å²) >= 11 is 3.46. The summed E-state index contributed by atoms with van der Waals surface area (Å²) in [6, 6.07) is 12.1. The van der Waals surface area contributed by atoms with E-state index >= 15 is 0 Å². The Hall–Kier alpha value is -3.01. The van der Waals surface area contributed by atoms with E-state index in [2.05, 4.69) is 30.9 Å². The van der Waals surface area contributed by atoms with Gasteiger partial charge in [0.05, 0.1) is 10.6 Å². The van der Waals surface area contributed by atoms with Crippen LogP contribution in [0.25, 0.3) is 20.5 Å². The lowest BCUT2D eigenvalue weighted by Crippen LogP contribution is -2.44. The quantitative estimate of drug-likeness (QED) is 0.223. The van der Waals surface area contributed by atoms with E-state index < -0.39 is 11.6 Å². The Kier molecular flexibility index (Phi) is 5.77. The van der Waals surface area contributed by atoms with Crippen LogP contribution in [-0.4, -0.2) is 12.5 Å². The summed E-state index contributed by atoms with van der Waals surface area (Å²) in [6.45, 7) is 4.43. The van der Waals surface area contributed by atoms with Crippen LogP contribution in [-0.2, 0) is 11.2 Å². The maximum atomic E-state index is 14.9. The number of hydrogen-bond acceptors (Lipinski definition) is 3. The average molecular weight is 478 g/mol. The van der Waals surface area contributed by atoms with E-state index in [1.54, 1.807) is 47.8 Å². The molecule has 1 aliphatic rings. The van der Waals surface area contributed by atoms with Gasteiger partial charge in [0, 0.05) is 38.4 Å². The molecule has 1 saturated heterocycles. The smallest absolute Gasteiger partial charge is 0.228 e. The summed E-state index contributed by atoms with van der Waals surface area (Å²) in [4.78, 5) is 15.5. The maximum Gasteiger partial charge on any atom is 0.228 e. The molecule has 33 heavy (non-hydrogen) atoms. The number of halogens is 2. The van der Waals surface area contributed by atoms with E-state index in [1.807, 2.05) is 0 Å². The number of carbonyl (C=O) groups excluding carboxylic acids is 1. The van der Waals surface area contributed by atoms with Crippen LogP contribution in [0.1, 0.15) is 40.6 Å². The average Bonchev–Trinajstić information content (AvgIpc) is 3.32. The van der Waals surface area contributed by atoms with Crippen molar-refractivity contribution < 1.29 is 13.6 Å². The lowest BCUT2D eigenvalue weighted by atomic mass is 9.98. The molecule has 6 heteroatoms. The second-order valence-corrected chi connectivity index (χ2v) is 10.4. The van der Waals surface area contributed by atoms with E-state index in [-0.39, 0.29) is 11.6 Å². The van der Waals surface area contributed by atoms with E-state index in [4.69, 9.17) is 0 Å². The van der Waals surface area contributed by atoms with Crippen LogP contribution >= 0.6 is 22.7 Å². The molecular weight excluding hydrogens is 456 g/mol. The Morgan fingerprint density at radius 3 is 2.45 bits per heavy atom. The summed E-state index contributed by atoms with van der Waals surface area (Å²) < 4.78 is 32.2. The van der Waals surface area contributed by atoms with E-state index in [0.717, 1.165) is 17.7 Å². The Labute approximate surface area is 199 Å². The third-order valence-electron chi connectivity index (χ3n) is 5.74. The van der Waals surface area contributed by atoms with Gasteiger partial charge in [0.2, 0.25) is 5.91 Å². The summed E-state index contributed by atoms with van der Waals surface area (Å²) in [7, 11) is 0. The zero-order valence-electron chi connectivity index (χ0n) is 18.3. The number of β-lactam (4-membered cyclic amide) rings is 1. The molecule has 1 amide bonds. The number of rotatable bonds is 4. The first-order chi connectivity index (χ1) is 15.9. The molecule has 0 aliphatic carbocycles. The number of anilines is 1. The predicted octanol–water partition coefficient (Wildman–Crippen LogP) is 7.31. The minimum absolute atomic E-state index is 0.0918. The van der Waals surface area contributed by atoms with Gasteiger partial charge >= 0.3 is 0 Å². The summed E-state index contributed by atoms with van der Waals surface area (Å²) in [6.07, 6.45) is 2.67. The minimum Gasteiger partial charge on any atom is -0.309 e. The van der Waals surface area contributed by atoms with Crippen molar-refractivity contribution in [2.45, 2.75) is 33.1 Å². The SMILES string of the molecule is CCCc1cc2sc(C#Cc3ccc(-c4cc(C)c(N5CCC5=O)c(F)c4)c(F)c3)cc2s1. The molecule has 0 spiro atoms. The summed E-state index contributed by atoms with van der Waals surface area (Å²) in [5.41, 5.74) is 2.22. The van der Waals surface area contributed by atoms with Crippen molar-refractivity contribution in [2.24, 2.45) is 0 Å². The lowest BCUT2D eigenvalue weighted by Gasteiger charge is -2.32. The van der Waals surface area contributed by atoms with E-state index in [1.165, 1.54) is 31.3 Å². The molecule has 5 rings (SSSR count). The molecule has 1 aliphatic heterocycles. The molecule has 4 aromatic rings. The number of thiophene rings is 2. The Morgan fingerprint density at radius 2 is 1.82 bits per heavy atom. The molecule has 0 radical (unpaired) electrons. The molecule has 2 nitrogen and oxygen atoms in total. The van der Waals surface area contributed by atoms with Gasteiger partial charge in [-0.05, 0) is 60.9 Å². The number of fused-ring (bicyclic) bond motifs is 1. The van der Waals surface area contributed by atoms with E-state index in [9.17, 15) is 13.6 Å². The third-order valence-corrected chi connectivity index (χ3v) is 8.01. The van der Waals surface area contributed by atoms with Gasteiger partial charge in [-0.15, -0.1) is 22.7 Å². The lowest BCUT2D eigenvalue weighted by molar-refractivity contribution is -0.122. The molecule has 2 aromatic heterocycles. The van der Waals surface area contributed by atoms with Crippen LogP contribution in [0.2, 0.25) is 0 Å². The van der Waals surface area contributed by atoms with Crippen LogP contribution in [0.5, 0.6) is 0 Å².